The van der Waals surface area contributed by atoms with Crippen LogP contribution in [0.3, 0.4) is 0 Å². The van der Waals surface area contributed by atoms with Crippen LogP contribution in [0, 0.1) is 5.41 Å². The third-order valence-corrected chi connectivity index (χ3v) is 3.72. The Labute approximate surface area is 75.9 Å². The van der Waals surface area contributed by atoms with Crippen molar-refractivity contribution >= 4 is 0 Å². The van der Waals surface area contributed by atoms with Gasteiger partial charge in [-0.25, -0.2) is 0 Å². The maximum Gasteiger partial charge on any atom is 0.000780 e. The number of hydrogen-bond donors (Lipinski definition) is 1. The molecule has 0 aromatic carbocycles. The third-order valence-electron chi connectivity index (χ3n) is 3.72. The van der Waals surface area contributed by atoms with Gasteiger partial charge in [0.25, 0.3) is 0 Å². The van der Waals surface area contributed by atoms with E-state index in [-0.39, 0.29) is 0 Å². The van der Waals surface area contributed by atoms with Crippen LogP contribution in [0.2, 0.25) is 0 Å². The number of rotatable bonds is 0. The lowest BCUT2D eigenvalue weighted by atomic mass is 9.71. The minimum atomic E-state index is 0.731. The Kier molecular flexibility index (Phi) is 2.69. The summed E-state index contributed by atoms with van der Waals surface area (Å²) in [6, 6.07) is 0. The second kappa shape index (κ2) is 3.78. The molecule has 1 spiro atoms. The van der Waals surface area contributed by atoms with Gasteiger partial charge in [-0.15, -0.1) is 0 Å². The molecule has 0 radical (unpaired) electrons. The molecule has 1 saturated carbocycles. The number of hydrogen-bond acceptors (Lipinski definition) is 1. The summed E-state index contributed by atoms with van der Waals surface area (Å²) in [5, 5.41) is 3.61. The molecular formula is C11H21N. The normalized spacial score (nSPS) is 30.0. The fourth-order valence-electron chi connectivity index (χ4n) is 2.92. The van der Waals surface area contributed by atoms with Crippen LogP contribution in [0.1, 0.15) is 51.4 Å². The summed E-state index contributed by atoms with van der Waals surface area (Å²) in [6.45, 7) is 2.58. The molecule has 0 amide bonds. The van der Waals surface area contributed by atoms with E-state index in [2.05, 4.69) is 5.32 Å². The molecule has 0 atom stereocenters. The zero-order valence-corrected chi connectivity index (χ0v) is 8.07. The van der Waals surface area contributed by atoms with Gasteiger partial charge in [0.1, 0.15) is 0 Å². The Morgan fingerprint density at radius 3 is 2.17 bits per heavy atom. The maximum atomic E-state index is 3.61. The van der Waals surface area contributed by atoms with Crippen molar-refractivity contribution in [2.75, 3.05) is 13.1 Å². The van der Waals surface area contributed by atoms with E-state index in [1.54, 1.807) is 0 Å². The first kappa shape index (κ1) is 8.55. The lowest BCUT2D eigenvalue weighted by Crippen LogP contribution is -2.34. The van der Waals surface area contributed by atoms with Gasteiger partial charge >= 0.3 is 0 Å². The SMILES string of the molecule is C1CCC2(CC1)CCCCNC2. The highest BCUT2D eigenvalue weighted by Gasteiger charge is 2.31. The molecule has 0 aromatic heterocycles. The van der Waals surface area contributed by atoms with Crippen molar-refractivity contribution in [2.24, 2.45) is 5.41 Å². The van der Waals surface area contributed by atoms with Crippen molar-refractivity contribution in [2.45, 2.75) is 51.4 Å². The summed E-state index contributed by atoms with van der Waals surface area (Å²) in [5.74, 6) is 0. The molecule has 0 unspecified atom stereocenters. The number of nitrogens with one attached hydrogen (secondary N) is 1. The first-order chi connectivity index (χ1) is 5.91. The van der Waals surface area contributed by atoms with Crippen molar-refractivity contribution in [3.05, 3.63) is 0 Å². The molecule has 1 aliphatic carbocycles. The molecule has 1 nitrogen and oxygen atoms in total. The van der Waals surface area contributed by atoms with Gasteiger partial charge in [0.05, 0.1) is 0 Å². The summed E-state index contributed by atoms with van der Waals surface area (Å²) in [4.78, 5) is 0. The van der Waals surface area contributed by atoms with Crippen molar-refractivity contribution in [3.8, 4) is 0 Å². The maximum absolute atomic E-state index is 3.61. The summed E-state index contributed by atoms with van der Waals surface area (Å²) in [6.07, 6.45) is 11.8. The zero-order valence-electron chi connectivity index (χ0n) is 8.07. The Hall–Kier alpha value is -0.0400. The minimum absolute atomic E-state index is 0.731. The summed E-state index contributed by atoms with van der Waals surface area (Å²) < 4.78 is 0. The van der Waals surface area contributed by atoms with Crippen LogP contribution < -0.4 is 5.32 Å². The molecular weight excluding hydrogens is 146 g/mol. The lowest BCUT2D eigenvalue weighted by molar-refractivity contribution is 0.176. The standard InChI is InChI=1S/C11H21N/c1-2-6-11(7-3-1)8-4-5-9-12-10-11/h12H,1-10H2. The molecule has 1 N–H and O–H groups in total. The first-order valence-electron chi connectivity index (χ1n) is 5.62. The van der Waals surface area contributed by atoms with Crippen LogP contribution in [-0.4, -0.2) is 13.1 Å². The summed E-state index contributed by atoms with van der Waals surface area (Å²) in [7, 11) is 0. The van der Waals surface area contributed by atoms with Gasteiger partial charge in [0, 0.05) is 6.54 Å². The molecule has 1 heteroatoms. The monoisotopic (exact) mass is 167 g/mol. The van der Waals surface area contributed by atoms with E-state index in [4.69, 9.17) is 0 Å². The van der Waals surface area contributed by atoms with Crippen molar-refractivity contribution in [1.82, 2.24) is 5.32 Å². The molecule has 0 aromatic rings. The molecule has 2 rings (SSSR count). The summed E-state index contributed by atoms with van der Waals surface area (Å²) >= 11 is 0. The Bertz CT molecular complexity index is 126. The smallest absolute Gasteiger partial charge is 0.000780 e. The molecule has 1 aliphatic heterocycles. The van der Waals surface area contributed by atoms with Crippen LogP contribution in [0.15, 0.2) is 0 Å². The third kappa shape index (κ3) is 1.82. The van der Waals surface area contributed by atoms with Gasteiger partial charge in [0.2, 0.25) is 0 Å². The predicted molar refractivity (Wildman–Crippen MR) is 52.2 cm³/mol. The van der Waals surface area contributed by atoms with Crippen LogP contribution >= 0.6 is 0 Å². The second-order valence-corrected chi connectivity index (χ2v) is 4.69. The fraction of sp³-hybridized carbons (Fsp3) is 1.00. The minimum Gasteiger partial charge on any atom is -0.316 e. The van der Waals surface area contributed by atoms with Crippen LogP contribution in [0.25, 0.3) is 0 Å². The fourth-order valence-corrected chi connectivity index (χ4v) is 2.92. The van der Waals surface area contributed by atoms with Crippen molar-refractivity contribution < 1.29 is 0 Å². The van der Waals surface area contributed by atoms with E-state index in [0.29, 0.717) is 0 Å². The van der Waals surface area contributed by atoms with Gasteiger partial charge in [-0.2, -0.15) is 0 Å². The van der Waals surface area contributed by atoms with Crippen molar-refractivity contribution in [1.29, 1.82) is 0 Å². The Balaban J connectivity index is 1.95. The average Bonchev–Trinajstić information content (AvgIpc) is 2.33. The van der Waals surface area contributed by atoms with Gasteiger partial charge in [-0.1, -0.05) is 25.7 Å². The van der Waals surface area contributed by atoms with Crippen LogP contribution in [-0.2, 0) is 0 Å². The predicted octanol–water partition coefficient (Wildman–Crippen LogP) is 2.71. The van der Waals surface area contributed by atoms with E-state index in [1.807, 2.05) is 0 Å². The van der Waals surface area contributed by atoms with Crippen LogP contribution in [0.5, 0.6) is 0 Å². The van der Waals surface area contributed by atoms with Gasteiger partial charge in [0.15, 0.2) is 0 Å². The van der Waals surface area contributed by atoms with Gasteiger partial charge < -0.3 is 5.32 Å². The molecule has 1 saturated heterocycles. The Morgan fingerprint density at radius 1 is 0.750 bits per heavy atom. The topological polar surface area (TPSA) is 12.0 Å². The van der Waals surface area contributed by atoms with E-state index >= 15 is 0 Å². The van der Waals surface area contributed by atoms with Gasteiger partial charge in [-0.05, 0) is 37.6 Å². The first-order valence-corrected chi connectivity index (χ1v) is 5.62. The molecule has 2 aliphatic rings. The quantitative estimate of drug-likeness (QED) is 0.585. The molecule has 2 fully saturated rings. The zero-order chi connectivity index (χ0) is 8.28. The summed E-state index contributed by atoms with van der Waals surface area (Å²) in [5.41, 5.74) is 0.731. The molecule has 0 bridgehead atoms. The highest BCUT2D eigenvalue weighted by molar-refractivity contribution is 4.86. The lowest BCUT2D eigenvalue weighted by Gasteiger charge is -2.36. The van der Waals surface area contributed by atoms with E-state index in [9.17, 15) is 0 Å². The molecule has 12 heavy (non-hydrogen) atoms. The average molecular weight is 167 g/mol. The van der Waals surface area contributed by atoms with Crippen molar-refractivity contribution in [3.63, 3.8) is 0 Å². The van der Waals surface area contributed by atoms with Gasteiger partial charge in [-0.3, -0.25) is 0 Å². The Morgan fingerprint density at radius 2 is 1.42 bits per heavy atom. The highest BCUT2D eigenvalue weighted by atomic mass is 14.9. The van der Waals surface area contributed by atoms with E-state index in [1.165, 1.54) is 64.5 Å². The molecule has 1 heterocycles. The largest absolute Gasteiger partial charge is 0.316 e. The van der Waals surface area contributed by atoms with Crippen LogP contribution in [0.4, 0.5) is 0 Å². The second-order valence-electron chi connectivity index (χ2n) is 4.69. The molecule has 70 valence electrons. The van der Waals surface area contributed by atoms with E-state index in [0.717, 1.165) is 5.41 Å². The van der Waals surface area contributed by atoms with E-state index < -0.39 is 0 Å². The highest BCUT2D eigenvalue weighted by Crippen LogP contribution is 2.40.